The quantitative estimate of drug-likeness (QED) is 0.469. The molecule has 7 nitrogen and oxygen atoms in total. The molecule has 0 fully saturated rings. The zero-order valence-corrected chi connectivity index (χ0v) is 19.3. The van der Waals surface area contributed by atoms with Crippen molar-refractivity contribution >= 4 is 40.1 Å². The first-order valence-electron chi connectivity index (χ1n) is 9.99. The third-order valence-electron chi connectivity index (χ3n) is 5.14. The highest BCUT2D eigenvalue weighted by atomic mass is 35.5. The summed E-state index contributed by atoms with van der Waals surface area (Å²) in [4.78, 5) is 29.9. The number of aryl methyl sites for hydroxylation is 2. The molecule has 1 unspecified atom stereocenters. The van der Waals surface area contributed by atoms with Gasteiger partial charge < -0.3 is 5.32 Å². The molecular weight excluding hydrogens is 449 g/mol. The van der Waals surface area contributed by atoms with Gasteiger partial charge in [-0.3, -0.25) is 14.2 Å². The lowest BCUT2D eigenvalue weighted by Gasteiger charge is -2.15. The lowest BCUT2D eigenvalue weighted by Crippen LogP contribution is -2.34. The fourth-order valence-corrected chi connectivity index (χ4v) is 3.94. The van der Waals surface area contributed by atoms with Gasteiger partial charge in [-0.25, -0.2) is 9.67 Å². The van der Waals surface area contributed by atoms with Gasteiger partial charge in [0.25, 0.3) is 5.56 Å². The maximum Gasteiger partial charge on any atom is 0.264 e. The van der Waals surface area contributed by atoms with Crippen LogP contribution in [0.4, 0.5) is 0 Å². The summed E-state index contributed by atoms with van der Waals surface area (Å²) in [5.74, 6) is -0.325. The molecule has 0 spiro atoms. The second-order valence-electron chi connectivity index (χ2n) is 7.78. The smallest absolute Gasteiger partial charge is 0.264 e. The Labute approximate surface area is 194 Å². The van der Waals surface area contributed by atoms with Gasteiger partial charge >= 0.3 is 0 Å². The van der Waals surface area contributed by atoms with Crippen LogP contribution in [0.25, 0.3) is 16.7 Å². The number of amides is 1. The summed E-state index contributed by atoms with van der Waals surface area (Å²) in [7, 11) is 0. The standard InChI is InChI=1S/C23H21Cl2N5O2/c1-13-6-14(2)8-17(7-13)30-22-18(10-27-30)23(32)29(12-26-22)11-21(31)28-15(3)16-4-5-19(24)20(25)9-16/h4-10,12,15H,11H2,1-3H3,(H,28,31). The fraction of sp³-hybridized carbons (Fsp3) is 0.217. The summed E-state index contributed by atoms with van der Waals surface area (Å²) in [5, 5.41) is 8.41. The molecule has 2 aromatic carbocycles. The van der Waals surface area contributed by atoms with E-state index in [1.54, 1.807) is 22.9 Å². The van der Waals surface area contributed by atoms with Crippen molar-refractivity contribution in [2.75, 3.05) is 0 Å². The molecule has 9 heteroatoms. The first-order valence-corrected chi connectivity index (χ1v) is 10.7. The minimum absolute atomic E-state index is 0.165. The number of hydrogen-bond acceptors (Lipinski definition) is 4. The number of aromatic nitrogens is 4. The maximum absolute atomic E-state index is 12.9. The summed E-state index contributed by atoms with van der Waals surface area (Å²) in [6.07, 6.45) is 2.85. The Morgan fingerprint density at radius 3 is 2.50 bits per heavy atom. The molecule has 0 aliphatic heterocycles. The van der Waals surface area contributed by atoms with E-state index in [-0.39, 0.29) is 24.1 Å². The number of nitrogens with one attached hydrogen (secondary N) is 1. The number of benzene rings is 2. The third kappa shape index (κ3) is 4.40. The van der Waals surface area contributed by atoms with Crippen LogP contribution in [0.1, 0.15) is 29.7 Å². The van der Waals surface area contributed by atoms with E-state index in [1.807, 2.05) is 32.9 Å². The number of hydrogen-bond donors (Lipinski definition) is 1. The molecule has 0 saturated heterocycles. The zero-order chi connectivity index (χ0) is 23.0. The minimum Gasteiger partial charge on any atom is -0.348 e. The van der Waals surface area contributed by atoms with Gasteiger partial charge in [-0.15, -0.1) is 0 Å². The Bertz CT molecular complexity index is 1370. The van der Waals surface area contributed by atoms with Gasteiger partial charge in [0.2, 0.25) is 5.91 Å². The highest BCUT2D eigenvalue weighted by Crippen LogP contribution is 2.25. The Morgan fingerprint density at radius 1 is 1.09 bits per heavy atom. The van der Waals surface area contributed by atoms with Crippen LogP contribution in [-0.4, -0.2) is 25.2 Å². The van der Waals surface area contributed by atoms with Crippen molar-refractivity contribution in [3.05, 3.63) is 86.0 Å². The molecule has 0 radical (unpaired) electrons. The number of rotatable bonds is 5. The number of fused-ring (bicyclic) bond motifs is 1. The van der Waals surface area contributed by atoms with Crippen molar-refractivity contribution in [2.24, 2.45) is 0 Å². The van der Waals surface area contributed by atoms with Crippen LogP contribution in [0.5, 0.6) is 0 Å². The summed E-state index contributed by atoms with van der Waals surface area (Å²) in [6, 6.07) is 10.9. The van der Waals surface area contributed by atoms with E-state index >= 15 is 0 Å². The van der Waals surface area contributed by atoms with E-state index < -0.39 is 0 Å². The van der Waals surface area contributed by atoms with E-state index in [9.17, 15) is 9.59 Å². The van der Waals surface area contributed by atoms with Gasteiger partial charge in [0.15, 0.2) is 5.65 Å². The van der Waals surface area contributed by atoms with Crippen LogP contribution in [0.3, 0.4) is 0 Å². The largest absolute Gasteiger partial charge is 0.348 e. The number of carbonyl (C=O) groups is 1. The van der Waals surface area contributed by atoms with E-state index in [4.69, 9.17) is 23.2 Å². The molecular formula is C23H21Cl2N5O2. The van der Waals surface area contributed by atoms with E-state index in [2.05, 4.69) is 21.5 Å². The predicted molar refractivity (Wildman–Crippen MR) is 126 cm³/mol. The van der Waals surface area contributed by atoms with Gasteiger partial charge in [-0.1, -0.05) is 35.3 Å². The van der Waals surface area contributed by atoms with Crippen LogP contribution >= 0.6 is 23.2 Å². The summed E-state index contributed by atoms with van der Waals surface area (Å²) in [6.45, 7) is 5.66. The molecule has 4 aromatic rings. The lowest BCUT2D eigenvalue weighted by molar-refractivity contribution is -0.122. The Hall–Kier alpha value is -3.16. The van der Waals surface area contributed by atoms with Crippen molar-refractivity contribution in [2.45, 2.75) is 33.4 Å². The van der Waals surface area contributed by atoms with Gasteiger partial charge in [-0.2, -0.15) is 5.10 Å². The normalized spacial score (nSPS) is 12.2. The van der Waals surface area contributed by atoms with E-state index in [1.165, 1.54) is 17.1 Å². The van der Waals surface area contributed by atoms with Crippen LogP contribution in [0.2, 0.25) is 10.0 Å². The van der Waals surface area contributed by atoms with E-state index in [0.29, 0.717) is 21.1 Å². The molecule has 0 aliphatic carbocycles. The van der Waals surface area contributed by atoms with Crippen molar-refractivity contribution in [1.29, 1.82) is 0 Å². The highest BCUT2D eigenvalue weighted by Gasteiger charge is 2.15. The topological polar surface area (TPSA) is 81.8 Å². The molecule has 4 rings (SSSR count). The minimum atomic E-state index is -0.331. The van der Waals surface area contributed by atoms with Crippen molar-refractivity contribution in [3.8, 4) is 5.69 Å². The van der Waals surface area contributed by atoms with Gasteiger partial charge in [0.1, 0.15) is 18.3 Å². The van der Waals surface area contributed by atoms with Crippen LogP contribution in [-0.2, 0) is 11.3 Å². The molecule has 1 amide bonds. The maximum atomic E-state index is 12.9. The second kappa shape index (κ2) is 8.76. The molecule has 32 heavy (non-hydrogen) atoms. The summed E-state index contributed by atoms with van der Waals surface area (Å²) < 4.78 is 2.90. The van der Waals surface area contributed by atoms with Crippen LogP contribution in [0.15, 0.2) is 53.7 Å². The second-order valence-corrected chi connectivity index (χ2v) is 8.59. The SMILES string of the molecule is Cc1cc(C)cc(-n2ncc3c(=O)n(CC(=O)NC(C)c4ccc(Cl)c(Cl)c4)cnc32)c1. The van der Waals surface area contributed by atoms with E-state index in [0.717, 1.165) is 22.4 Å². The first kappa shape index (κ1) is 22.0. The average Bonchev–Trinajstić information content (AvgIpc) is 3.16. The van der Waals surface area contributed by atoms with Crippen molar-refractivity contribution < 1.29 is 4.79 Å². The first-order chi connectivity index (χ1) is 15.2. The summed E-state index contributed by atoms with van der Waals surface area (Å²) in [5.41, 5.74) is 3.93. The molecule has 2 aromatic heterocycles. The molecule has 1 atom stereocenters. The molecule has 164 valence electrons. The molecule has 0 saturated carbocycles. The fourth-order valence-electron chi connectivity index (χ4n) is 3.63. The Morgan fingerprint density at radius 2 is 1.81 bits per heavy atom. The van der Waals surface area contributed by atoms with Crippen molar-refractivity contribution in [1.82, 2.24) is 24.6 Å². The van der Waals surface area contributed by atoms with Gasteiger partial charge in [-0.05, 0) is 61.7 Å². The molecule has 2 heterocycles. The Balaban J connectivity index is 1.56. The van der Waals surface area contributed by atoms with Gasteiger partial charge in [0.05, 0.1) is 28.0 Å². The molecule has 0 bridgehead atoms. The van der Waals surface area contributed by atoms with Gasteiger partial charge in [0, 0.05) is 0 Å². The number of nitrogens with zero attached hydrogens (tertiary/aromatic N) is 4. The van der Waals surface area contributed by atoms with Crippen LogP contribution in [0, 0.1) is 13.8 Å². The monoisotopic (exact) mass is 469 g/mol. The highest BCUT2D eigenvalue weighted by molar-refractivity contribution is 6.42. The molecule has 1 N–H and O–H groups in total. The third-order valence-corrected chi connectivity index (χ3v) is 5.88. The van der Waals surface area contributed by atoms with Crippen molar-refractivity contribution in [3.63, 3.8) is 0 Å². The average molecular weight is 470 g/mol. The van der Waals surface area contributed by atoms with Crippen LogP contribution < -0.4 is 10.9 Å². The predicted octanol–water partition coefficient (Wildman–Crippen LogP) is 4.38. The Kier molecular flexibility index (Phi) is 6.04. The lowest BCUT2D eigenvalue weighted by atomic mass is 10.1. The summed E-state index contributed by atoms with van der Waals surface area (Å²) >= 11 is 12.0. The number of carbonyl (C=O) groups excluding carboxylic acids is 1. The zero-order valence-electron chi connectivity index (χ0n) is 17.8. The number of halogens is 2. The molecule has 0 aliphatic rings.